The zero-order chi connectivity index (χ0) is 13.5. The van der Waals surface area contributed by atoms with Crippen LogP contribution in [-0.2, 0) is 18.4 Å². The van der Waals surface area contributed by atoms with Gasteiger partial charge in [0.05, 0.1) is 5.60 Å². The maximum atomic E-state index is 10.9. The standard InChI is InChI=1S/C16H17NO2/c17-13-3-6-15-12(9-13)7-8-16(15,19)10-11-1-4-14(18)5-2-11/h1-6,9,18-19H,7-8,10,17H2. The predicted octanol–water partition coefficient (Wildman–Crippen LogP) is 2.35. The normalized spacial score (nSPS) is 21.3. The maximum Gasteiger partial charge on any atom is 0.115 e. The molecule has 4 N–H and O–H groups in total. The second-order valence-corrected chi connectivity index (χ2v) is 5.29. The highest BCUT2D eigenvalue weighted by Gasteiger charge is 2.36. The first-order valence-corrected chi connectivity index (χ1v) is 6.46. The van der Waals surface area contributed by atoms with Gasteiger partial charge >= 0.3 is 0 Å². The molecule has 1 aliphatic carbocycles. The number of hydrogen-bond acceptors (Lipinski definition) is 3. The molecule has 0 saturated carbocycles. The highest BCUT2D eigenvalue weighted by molar-refractivity contribution is 5.49. The summed E-state index contributed by atoms with van der Waals surface area (Å²) in [7, 11) is 0. The fraction of sp³-hybridized carbons (Fsp3) is 0.250. The summed E-state index contributed by atoms with van der Waals surface area (Å²) in [6.45, 7) is 0. The molecule has 0 heterocycles. The molecule has 0 aromatic heterocycles. The van der Waals surface area contributed by atoms with Crippen LogP contribution in [0.15, 0.2) is 42.5 Å². The summed E-state index contributed by atoms with van der Waals surface area (Å²) in [5.74, 6) is 0.246. The van der Waals surface area contributed by atoms with Gasteiger partial charge in [-0.3, -0.25) is 0 Å². The number of aromatic hydroxyl groups is 1. The zero-order valence-corrected chi connectivity index (χ0v) is 10.6. The van der Waals surface area contributed by atoms with E-state index in [0.29, 0.717) is 12.8 Å². The van der Waals surface area contributed by atoms with Crippen molar-refractivity contribution in [3.63, 3.8) is 0 Å². The molecule has 2 aromatic carbocycles. The third-order valence-corrected chi connectivity index (χ3v) is 3.87. The van der Waals surface area contributed by atoms with Crippen LogP contribution in [0.1, 0.15) is 23.1 Å². The van der Waals surface area contributed by atoms with Gasteiger partial charge in [-0.2, -0.15) is 0 Å². The lowest BCUT2D eigenvalue weighted by atomic mass is 9.88. The summed E-state index contributed by atoms with van der Waals surface area (Å²) >= 11 is 0. The van der Waals surface area contributed by atoms with Crippen molar-refractivity contribution >= 4 is 5.69 Å². The quantitative estimate of drug-likeness (QED) is 0.722. The van der Waals surface area contributed by atoms with E-state index in [9.17, 15) is 10.2 Å². The molecule has 1 unspecified atom stereocenters. The molecule has 2 aromatic rings. The average Bonchev–Trinajstić information content (AvgIpc) is 2.69. The van der Waals surface area contributed by atoms with Gasteiger partial charge in [0.25, 0.3) is 0 Å². The van der Waals surface area contributed by atoms with E-state index in [0.717, 1.165) is 28.8 Å². The summed E-state index contributed by atoms with van der Waals surface area (Å²) in [5, 5.41) is 20.1. The second kappa shape index (κ2) is 4.28. The molecule has 0 bridgehead atoms. The molecule has 0 aliphatic heterocycles. The van der Waals surface area contributed by atoms with E-state index >= 15 is 0 Å². The van der Waals surface area contributed by atoms with E-state index in [-0.39, 0.29) is 5.75 Å². The summed E-state index contributed by atoms with van der Waals surface area (Å²) in [6, 6.07) is 12.7. The Labute approximate surface area is 112 Å². The number of phenols is 1. The topological polar surface area (TPSA) is 66.5 Å². The van der Waals surface area contributed by atoms with Crippen LogP contribution in [0.3, 0.4) is 0 Å². The van der Waals surface area contributed by atoms with Gasteiger partial charge in [0.2, 0.25) is 0 Å². The predicted molar refractivity (Wildman–Crippen MR) is 74.9 cm³/mol. The molecule has 0 amide bonds. The lowest BCUT2D eigenvalue weighted by Crippen LogP contribution is -2.25. The second-order valence-electron chi connectivity index (χ2n) is 5.29. The minimum Gasteiger partial charge on any atom is -0.508 e. The van der Waals surface area contributed by atoms with Crippen molar-refractivity contribution in [1.82, 2.24) is 0 Å². The van der Waals surface area contributed by atoms with Crippen LogP contribution in [-0.4, -0.2) is 10.2 Å². The number of nitrogens with two attached hydrogens (primary N) is 1. The first-order valence-electron chi connectivity index (χ1n) is 6.46. The van der Waals surface area contributed by atoms with E-state index < -0.39 is 5.60 Å². The van der Waals surface area contributed by atoms with Crippen molar-refractivity contribution in [3.8, 4) is 5.75 Å². The first kappa shape index (κ1) is 12.1. The van der Waals surface area contributed by atoms with E-state index in [2.05, 4.69) is 0 Å². The number of aryl methyl sites for hydroxylation is 1. The Hall–Kier alpha value is -2.00. The highest BCUT2D eigenvalue weighted by atomic mass is 16.3. The minimum absolute atomic E-state index is 0.246. The summed E-state index contributed by atoms with van der Waals surface area (Å²) in [5.41, 5.74) is 8.84. The summed E-state index contributed by atoms with van der Waals surface area (Å²) in [6.07, 6.45) is 2.13. The van der Waals surface area contributed by atoms with Crippen molar-refractivity contribution in [2.24, 2.45) is 0 Å². The highest BCUT2D eigenvalue weighted by Crippen LogP contribution is 2.40. The van der Waals surface area contributed by atoms with Crippen molar-refractivity contribution in [2.75, 3.05) is 5.73 Å². The van der Waals surface area contributed by atoms with Crippen LogP contribution in [0.2, 0.25) is 0 Å². The lowest BCUT2D eigenvalue weighted by molar-refractivity contribution is 0.0389. The molecule has 3 heteroatoms. The lowest BCUT2D eigenvalue weighted by Gasteiger charge is -2.24. The van der Waals surface area contributed by atoms with Gasteiger partial charge in [-0.05, 0) is 53.8 Å². The number of hydrogen-bond donors (Lipinski definition) is 3. The van der Waals surface area contributed by atoms with Gasteiger partial charge in [-0.15, -0.1) is 0 Å². The Balaban J connectivity index is 1.92. The smallest absolute Gasteiger partial charge is 0.115 e. The number of nitrogen functional groups attached to an aromatic ring is 1. The molecule has 0 saturated heterocycles. The van der Waals surface area contributed by atoms with E-state index in [1.807, 2.05) is 30.3 Å². The van der Waals surface area contributed by atoms with Crippen LogP contribution in [0.5, 0.6) is 5.75 Å². The van der Waals surface area contributed by atoms with E-state index in [1.54, 1.807) is 12.1 Å². The molecule has 1 aliphatic rings. The largest absolute Gasteiger partial charge is 0.508 e. The van der Waals surface area contributed by atoms with Gasteiger partial charge in [-0.1, -0.05) is 18.2 Å². The summed E-state index contributed by atoms with van der Waals surface area (Å²) < 4.78 is 0. The van der Waals surface area contributed by atoms with Crippen LogP contribution in [0.4, 0.5) is 5.69 Å². The monoisotopic (exact) mass is 255 g/mol. The average molecular weight is 255 g/mol. The summed E-state index contributed by atoms with van der Waals surface area (Å²) in [4.78, 5) is 0. The number of anilines is 1. The minimum atomic E-state index is -0.819. The molecule has 3 nitrogen and oxygen atoms in total. The molecule has 0 radical (unpaired) electrons. The third-order valence-electron chi connectivity index (χ3n) is 3.87. The van der Waals surface area contributed by atoms with Crippen LogP contribution in [0.25, 0.3) is 0 Å². The Morgan fingerprint density at radius 3 is 2.58 bits per heavy atom. The maximum absolute atomic E-state index is 10.9. The van der Waals surface area contributed by atoms with Crippen molar-refractivity contribution in [2.45, 2.75) is 24.9 Å². The molecule has 0 spiro atoms. The van der Waals surface area contributed by atoms with Gasteiger partial charge in [0.15, 0.2) is 0 Å². The SMILES string of the molecule is Nc1ccc2c(c1)CCC2(O)Cc1ccc(O)cc1. The Bertz CT molecular complexity index is 607. The molecular formula is C16H17NO2. The molecule has 98 valence electrons. The third kappa shape index (κ3) is 2.17. The Morgan fingerprint density at radius 2 is 1.84 bits per heavy atom. The number of fused-ring (bicyclic) bond motifs is 1. The van der Waals surface area contributed by atoms with Crippen LogP contribution >= 0.6 is 0 Å². The van der Waals surface area contributed by atoms with Gasteiger partial charge < -0.3 is 15.9 Å². The number of rotatable bonds is 2. The Kier molecular flexibility index (Phi) is 2.72. The molecule has 0 fully saturated rings. The van der Waals surface area contributed by atoms with Gasteiger partial charge in [0, 0.05) is 12.1 Å². The fourth-order valence-corrected chi connectivity index (χ4v) is 2.89. The number of aliphatic hydroxyl groups is 1. The first-order chi connectivity index (χ1) is 9.07. The fourth-order valence-electron chi connectivity index (χ4n) is 2.89. The zero-order valence-electron chi connectivity index (χ0n) is 10.6. The molecule has 3 rings (SSSR count). The number of benzene rings is 2. The van der Waals surface area contributed by atoms with Crippen LogP contribution < -0.4 is 5.73 Å². The molecule has 19 heavy (non-hydrogen) atoms. The van der Waals surface area contributed by atoms with E-state index in [4.69, 9.17) is 5.73 Å². The van der Waals surface area contributed by atoms with Crippen molar-refractivity contribution in [1.29, 1.82) is 0 Å². The van der Waals surface area contributed by atoms with Gasteiger partial charge in [0.1, 0.15) is 5.75 Å². The molecule has 1 atom stereocenters. The van der Waals surface area contributed by atoms with Crippen molar-refractivity contribution < 1.29 is 10.2 Å². The molecular weight excluding hydrogens is 238 g/mol. The Morgan fingerprint density at radius 1 is 1.11 bits per heavy atom. The van der Waals surface area contributed by atoms with Crippen LogP contribution in [0, 0.1) is 0 Å². The number of phenolic OH excluding ortho intramolecular Hbond substituents is 1. The van der Waals surface area contributed by atoms with E-state index in [1.165, 1.54) is 0 Å². The van der Waals surface area contributed by atoms with Crippen molar-refractivity contribution in [3.05, 3.63) is 59.2 Å². The van der Waals surface area contributed by atoms with Gasteiger partial charge in [-0.25, -0.2) is 0 Å².